The van der Waals surface area contributed by atoms with Crippen LogP contribution in [0.5, 0.6) is 5.88 Å². The van der Waals surface area contributed by atoms with Crippen LogP contribution in [0.3, 0.4) is 0 Å². The molecule has 0 radical (unpaired) electrons. The molecule has 23 heavy (non-hydrogen) atoms. The molecule has 2 N–H and O–H groups in total. The number of piperidine rings is 1. The summed E-state index contributed by atoms with van der Waals surface area (Å²) in [5.74, 6) is -0.137. The van der Waals surface area contributed by atoms with Gasteiger partial charge in [0, 0.05) is 6.54 Å². The Morgan fingerprint density at radius 3 is 2.78 bits per heavy atom. The number of rotatable bonds is 3. The Labute approximate surface area is 141 Å². The van der Waals surface area contributed by atoms with E-state index in [0.717, 1.165) is 0 Å². The second-order valence-electron chi connectivity index (χ2n) is 6.71. The van der Waals surface area contributed by atoms with Crippen LogP contribution >= 0.6 is 11.6 Å². The molecule has 1 saturated heterocycles. The van der Waals surface area contributed by atoms with Gasteiger partial charge in [-0.25, -0.2) is 4.98 Å². The smallest absolute Gasteiger partial charge is 0.311 e. The number of carbonyl (C=O) groups is 1. The fourth-order valence-corrected chi connectivity index (χ4v) is 2.57. The summed E-state index contributed by atoms with van der Waals surface area (Å²) in [6.07, 6.45) is -0.367. The Morgan fingerprint density at radius 2 is 2.17 bits per heavy atom. The molecule has 1 fully saturated rings. The van der Waals surface area contributed by atoms with Gasteiger partial charge in [-0.15, -0.1) is 0 Å². The van der Waals surface area contributed by atoms with Gasteiger partial charge in [0.1, 0.15) is 16.7 Å². The molecule has 2 heterocycles. The normalized spacial score (nSPS) is 25.0. The second kappa shape index (κ2) is 6.63. The topological polar surface area (TPSA) is 80.7 Å². The van der Waals surface area contributed by atoms with Crippen LogP contribution in [0, 0.1) is 5.41 Å². The van der Waals surface area contributed by atoms with E-state index in [9.17, 15) is 9.90 Å². The first kappa shape index (κ1) is 18.0. The van der Waals surface area contributed by atoms with E-state index in [1.807, 2.05) is 0 Å². The summed E-state index contributed by atoms with van der Waals surface area (Å²) in [5.41, 5.74) is -1.65. The third kappa shape index (κ3) is 3.76. The lowest BCUT2D eigenvalue weighted by Gasteiger charge is -2.40. The molecular formula is C16H23ClN2O4. The Morgan fingerprint density at radius 1 is 1.48 bits per heavy atom. The third-order valence-electron chi connectivity index (χ3n) is 3.86. The van der Waals surface area contributed by atoms with Crippen molar-refractivity contribution in [2.24, 2.45) is 5.41 Å². The van der Waals surface area contributed by atoms with E-state index in [1.165, 1.54) is 7.11 Å². The predicted octanol–water partition coefficient (Wildman–Crippen LogP) is 1.88. The van der Waals surface area contributed by atoms with Crippen molar-refractivity contribution in [3.63, 3.8) is 0 Å². The molecule has 1 aliphatic rings. The summed E-state index contributed by atoms with van der Waals surface area (Å²) in [4.78, 5) is 16.5. The van der Waals surface area contributed by atoms with Gasteiger partial charge in [0.2, 0.25) is 5.88 Å². The lowest BCUT2D eigenvalue weighted by molar-refractivity contribution is -0.180. The fraction of sp³-hybridized carbons (Fsp3) is 0.625. The number of aromatic nitrogens is 1. The van der Waals surface area contributed by atoms with Crippen LogP contribution in [0.1, 0.15) is 32.9 Å². The van der Waals surface area contributed by atoms with Gasteiger partial charge in [0.15, 0.2) is 0 Å². The number of hydrogen-bond acceptors (Lipinski definition) is 6. The molecule has 0 unspecified atom stereocenters. The molecule has 2 atom stereocenters. The number of carbonyl (C=O) groups excluding carboxylic acids is 1. The average molecular weight is 343 g/mol. The quantitative estimate of drug-likeness (QED) is 0.816. The van der Waals surface area contributed by atoms with Crippen molar-refractivity contribution in [2.75, 3.05) is 20.2 Å². The maximum Gasteiger partial charge on any atom is 0.311 e. The van der Waals surface area contributed by atoms with Gasteiger partial charge in [0.25, 0.3) is 0 Å². The van der Waals surface area contributed by atoms with Crippen LogP contribution in [0.4, 0.5) is 0 Å². The number of aliphatic hydroxyl groups is 1. The fourth-order valence-electron chi connectivity index (χ4n) is 2.39. The van der Waals surface area contributed by atoms with Crippen molar-refractivity contribution in [1.82, 2.24) is 10.3 Å². The van der Waals surface area contributed by atoms with E-state index in [4.69, 9.17) is 21.1 Å². The standard InChI is InChI=1S/C16H23ClN2O4/c1-15(2,3)14(20)23-12-9-18-8-7-16(12,21)11-6-5-10(17)13(19-11)22-4/h5-6,12,18,21H,7-9H2,1-4H3/t12-,16-/m0/s1. The minimum absolute atomic E-state index is 0.233. The average Bonchev–Trinajstić information content (AvgIpc) is 2.49. The number of ether oxygens (including phenoxy) is 2. The number of methoxy groups -OCH3 is 1. The maximum absolute atomic E-state index is 12.2. The Balaban J connectivity index is 2.33. The van der Waals surface area contributed by atoms with Gasteiger partial charge in [-0.3, -0.25) is 4.79 Å². The van der Waals surface area contributed by atoms with Crippen molar-refractivity contribution >= 4 is 17.6 Å². The lowest BCUT2D eigenvalue weighted by atomic mass is 9.85. The van der Waals surface area contributed by atoms with E-state index in [1.54, 1.807) is 32.9 Å². The van der Waals surface area contributed by atoms with Crippen LogP contribution in [0.25, 0.3) is 0 Å². The minimum atomic E-state index is -1.38. The summed E-state index contributed by atoms with van der Waals surface area (Å²) in [6, 6.07) is 3.25. The first-order valence-corrected chi connectivity index (χ1v) is 7.91. The highest BCUT2D eigenvalue weighted by Crippen LogP contribution is 2.35. The van der Waals surface area contributed by atoms with E-state index in [2.05, 4.69) is 10.3 Å². The summed E-state index contributed by atoms with van der Waals surface area (Å²) in [7, 11) is 1.46. The van der Waals surface area contributed by atoms with Crippen LogP contribution in [0.2, 0.25) is 5.02 Å². The molecule has 1 aliphatic heterocycles. The Bertz CT molecular complexity index is 588. The molecular weight excluding hydrogens is 320 g/mol. The van der Waals surface area contributed by atoms with Crippen molar-refractivity contribution in [2.45, 2.75) is 38.9 Å². The van der Waals surface area contributed by atoms with Crippen molar-refractivity contribution in [3.05, 3.63) is 22.8 Å². The van der Waals surface area contributed by atoms with Crippen LogP contribution in [-0.2, 0) is 15.1 Å². The third-order valence-corrected chi connectivity index (χ3v) is 4.15. The maximum atomic E-state index is 12.2. The van der Waals surface area contributed by atoms with Crippen molar-refractivity contribution in [3.8, 4) is 5.88 Å². The van der Waals surface area contributed by atoms with Crippen molar-refractivity contribution < 1.29 is 19.4 Å². The zero-order valence-corrected chi connectivity index (χ0v) is 14.6. The van der Waals surface area contributed by atoms with Gasteiger partial charge in [-0.05, 0) is 45.9 Å². The number of nitrogens with zero attached hydrogens (tertiary/aromatic N) is 1. The molecule has 2 rings (SSSR count). The van der Waals surface area contributed by atoms with Gasteiger partial charge in [-0.2, -0.15) is 0 Å². The highest BCUT2D eigenvalue weighted by atomic mass is 35.5. The second-order valence-corrected chi connectivity index (χ2v) is 7.12. The van der Waals surface area contributed by atoms with Crippen LogP contribution < -0.4 is 10.1 Å². The summed E-state index contributed by atoms with van der Waals surface area (Å²) >= 11 is 5.99. The molecule has 0 saturated carbocycles. The monoisotopic (exact) mass is 342 g/mol. The molecule has 0 aliphatic carbocycles. The van der Waals surface area contributed by atoms with E-state index < -0.39 is 17.1 Å². The molecule has 1 aromatic heterocycles. The van der Waals surface area contributed by atoms with E-state index in [0.29, 0.717) is 30.2 Å². The molecule has 0 amide bonds. The van der Waals surface area contributed by atoms with Crippen LogP contribution in [-0.4, -0.2) is 42.4 Å². The molecule has 1 aromatic rings. The zero-order chi connectivity index (χ0) is 17.3. The number of pyridine rings is 1. The first-order chi connectivity index (χ1) is 10.7. The predicted molar refractivity (Wildman–Crippen MR) is 86.5 cm³/mol. The first-order valence-electron chi connectivity index (χ1n) is 7.53. The zero-order valence-electron chi connectivity index (χ0n) is 13.9. The molecule has 0 aromatic carbocycles. The highest BCUT2D eigenvalue weighted by molar-refractivity contribution is 6.31. The van der Waals surface area contributed by atoms with Crippen LogP contribution in [0.15, 0.2) is 12.1 Å². The van der Waals surface area contributed by atoms with E-state index >= 15 is 0 Å². The minimum Gasteiger partial charge on any atom is -0.480 e. The number of nitrogens with one attached hydrogen (secondary N) is 1. The number of hydrogen-bond donors (Lipinski definition) is 2. The molecule has 6 nitrogen and oxygen atoms in total. The summed E-state index contributed by atoms with van der Waals surface area (Å²) in [6.45, 7) is 6.26. The van der Waals surface area contributed by atoms with Gasteiger partial charge in [0.05, 0.1) is 18.2 Å². The Kier molecular flexibility index (Phi) is 5.18. The molecule has 0 bridgehead atoms. The SMILES string of the molecule is COc1nc([C@@]2(O)CCNC[C@@H]2OC(=O)C(C)(C)C)ccc1Cl. The number of halogens is 1. The lowest BCUT2D eigenvalue weighted by Crippen LogP contribution is -2.55. The van der Waals surface area contributed by atoms with Gasteiger partial charge < -0.3 is 19.9 Å². The van der Waals surface area contributed by atoms with Crippen molar-refractivity contribution in [1.29, 1.82) is 0 Å². The highest BCUT2D eigenvalue weighted by Gasteiger charge is 2.45. The molecule has 7 heteroatoms. The molecule has 0 spiro atoms. The van der Waals surface area contributed by atoms with Gasteiger partial charge >= 0.3 is 5.97 Å². The van der Waals surface area contributed by atoms with Gasteiger partial charge in [-0.1, -0.05) is 11.6 Å². The molecule has 128 valence electrons. The summed E-state index contributed by atoms with van der Waals surface area (Å²) in [5, 5.41) is 14.6. The number of esters is 1. The largest absolute Gasteiger partial charge is 0.480 e. The Hall–Kier alpha value is -1.37. The van der Waals surface area contributed by atoms with E-state index in [-0.39, 0.29) is 11.8 Å². The summed E-state index contributed by atoms with van der Waals surface area (Å²) < 4.78 is 10.7.